The van der Waals surface area contributed by atoms with Gasteiger partial charge in [-0.3, -0.25) is 0 Å². The number of carbonyl (C=O) groups is 1. The number of halogens is 1. The summed E-state index contributed by atoms with van der Waals surface area (Å²) < 4.78 is 5.58. The second-order valence-corrected chi connectivity index (χ2v) is 4.33. The van der Waals surface area contributed by atoms with Gasteiger partial charge in [-0.2, -0.15) is 0 Å². The molecule has 0 unspecified atom stereocenters. The third-order valence-electron chi connectivity index (χ3n) is 2.57. The average Bonchev–Trinajstić information content (AvgIpc) is 2.61. The quantitative estimate of drug-likeness (QED) is 0.857. The van der Waals surface area contributed by atoms with Crippen LogP contribution in [0.1, 0.15) is 35.0 Å². The topological polar surface area (TPSA) is 75.4 Å². The highest BCUT2D eigenvalue weighted by atomic mass is 79.9. The highest BCUT2D eigenvalue weighted by Gasteiger charge is 2.26. The summed E-state index contributed by atoms with van der Waals surface area (Å²) in [5, 5.41) is 15.6. The van der Waals surface area contributed by atoms with E-state index in [0.29, 0.717) is 10.2 Å². The summed E-state index contributed by atoms with van der Waals surface area (Å²) in [6.07, 6.45) is 1.90. The maximum Gasteiger partial charge on any atom is 0.359 e. The summed E-state index contributed by atoms with van der Waals surface area (Å²) in [6, 6.07) is 0. The molecule has 1 aliphatic heterocycles. The molecule has 15 heavy (non-hydrogen) atoms. The number of hydrogen-bond donors (Lipinski definition) is 2. The molecule has 0 radical (unpaired) electrons. The first kappa shape index (κ1) is 10.6. The molecule has 0 saturated carbocycles. The Morgan fingerprint density at radius 2 is 2.20 bits per heavy atom. The lowest BCUT2D eigenvalue weighted by molar-refractivity contribution is 0.0684. The molecule has 1 fully saturated rings. The summed E-state index contributed by atoms with van der Waals surface area (Å²) in [7, 11) is 0. The van der Waals surface area contributed by atoms with Crippen molar-refractivity contribution in [3.05, 3.63) is 15.9 Å². The molecule has 1 aliphatic rings. The van der Waals surface area contributed by atoms with Gasteiger partial charge in [0.1, 0.15) is 0 Å². The number of hydrogen-bond acceptors (Lipinski definition) is 4. The summed E-state index contributed by atoms with van der Waals surface area (Å²) >= 11 is 3.23. The minimum absolute atomic E-state index is 0.0384. The van der Waals surface area contributed by atoms with Crippen molar-refractivity contribution < 1.29 is 14.4 Å². The van der Waals surface area contributed by atoms with E-state index in [0.717, 1.165) is 25.9 Å². The maximum absolute atomic E-state index is 10.8. The highest BCUT2D eigenvalue weighted by Crippen LogP contribution is 2.33. The first-order valence-corrected chi connectivity index (χ1v) is 5.58. The molecule has 0 aliphatic carbocycles. The Kier molecular flexibility index (Phi) is 3.06. The maximum atomic E-state index is 10.8. The van der Waals surface area contributed by atoms with E-state index in [1.165, 1.54) is 0 Å². The zero-order chi connectivity index (χ0) is 10.8. The summed E-state index contributed by atoms with van der Waals surface area (Å²) in [5.74, 6) is -0.138. The molecule has 1 saturated heterocycles. The summed E-state index contributed by atoms with van der Waals surface area (Å²) in [5.41, 5.74) is -0.0384. The average molecular weight is 275 g/mol. The molecule has 2 rings (SSSR count). The van der Waals surface area contributed by atoms with Crippen molar-refractivity contribution in [2.24, 2.45) is 0 Å². The number of aromatic nitrogens is 1. The van der Waals surface area contributed by atoms with Gasteiger partial charge >= 0.3 is 5.97 Å². The van der Waals surface area contributed by atoms with Crippen LogP contribution in [0.5, 0.6) is 0 Å². The Bertz CT molecular complexity index is 371. The van der Waals surface area contributed by atoms with E-state index < -0.39 is 5.97 Å². The van der Waals surface area contributed by atoms with Crippen LogP contribution >= 0.6 is 15.9 Å². The third-order valence-corrected chi connectivity index (χ3v) is 3.34. The first-order valence-electron chi connectivity index (χ1n) is 4.79. The van der Waals surface area contributed by atoms with Crippen LogP contribution in [0, 0.1) is 0 Å². The summed E-state index contributed by atoms with van der Waals surface area (Å²) in [4.78, 5) is 10.8. The Morgan fingerprint density at radius 3 is 2.73 bits per heavy atom. The fraction of sp³-hybridized carbons (Fsp3) is 0.556. The first-order chi connectivity index (χ1) is 7.20. The minimum atomic E-state index is -1.06. The van der Waals surface area contributed by atoms with E-state index in [4.69, 9.17) is 9.63 Å². The molecule has 0 atom stereocenters. The largest absolute Gasteiger partial charge is 0.476 e. The van der Waals surface area contributed by atoms with Gasteiger partial charge in [-0.05, 0) is 41.9 Å². The Hall–Kier alpha value is -0.880. The smallest absolute Gasteiger partial charge is 0.359 e. The van der Waals surface area contributed by atoms with E-state index in [1.807, 2.05) is 0 Å². The zero-order valence-corrected chi connectivity index (χ0v) is 9.58. The van der Waals surface area contributed by atoms with Crippen molar-refractivity contribution in [1.29, 1.82) is 0 Å². The van der Waals surface area contributed by atoms with Gasteiger partial charge in [-0.1, -0.05) is 5.16 Å². The third kappa shape index (κ3) is 2.05. The minimum Gasteiger partial charge on any atom is -0.476 e. The summed E-state index contributed by atoms with van der Waals surface area (Å²) in [6.45, 7) is 1.86. The van der Waals surface area contributed by atoms with Gasteiger partial charge in [0.25, 0.3) is 0 Å². The Morgan fingerprint density at radius 1 is 1.53 bits per heavy atom. The second-order valence-electron chi connectivity index (χ2n) is 3.54. The van der Waals surface area contributed by atoms with Gasteiger partial charge in [0.05, 0.1) is 4.47 Å². The van der Waals surface area contributed by atoms with Gasteiger partial charge < -0.3 is 14.9 Å². The molecule has 1 aromatic heterocycles. The molecule has 5 nitrogen and oxygen atoms in total. The molecule has 1 aromatic rings. The van der Waals surface area contributed by atoms with Gasteiger partial charge in [0.15, 0.2) is 5.76 Å². The van der Waals surface area contributed by atoms with Crippen LogP contribution in [-0.2, 0) is 0 Å². The van der Waals surface area contributed by atoms with Crippen molar-refractivity contribution in [2.45, 2.75) is 18.8 Å². The lowest BCUT2D eigenvalue weighted by atomic mass is 9.95. The van der Waals surface area contributed by atoms with Crippen molar-refractivity contribution in [2.75, 3.05) is 13.1 Å². The van der Waals surface area contributed by atoms with E-state index in [9.17, 15) is 4.79 Å². The molecule has 2 heterocycles. The van der Waals surface area contributed by atoms with Crippen molar-refractivity contribution >= 4 is 21.9 Å². The van der Waals surface area contributed by atoms with Gasteiger partial charge in [-0.15, -0.1) is 0 Å². The highest BCUT2D eigenvalue weighted by molar-refractivity contribution is 9.10. The SMILES string of the molecule is O=C(O)c1noc(C2CCNCC2)c1Br. The standard InChI is InChI=1S/C9H11BrN2O3/c10-6-7(9(13)14)12-15-8(6)5-1-3-11-4-2-5/h5,11H,1-4H2,(H,13,14). The van der Waals surface area contributed by atoms with Crippen LogP contribution in [-0.4, -0.2) is 29.3 Å². The monoisotopic (exact) mass is 274 g/mol. The molecule has 2 N–H and O–H groups in total. The lowest BCUT2D eigenvalue weighted by Crippen LogP contribution is -2.26. The van der Waals surface area contributed by atoms with E-state index in [2.05, 4.69) is 26.4 Å². The zero-order valence-electron chi connectivity index (χ0n) is 7.99. The number of nitrogens with one attached hydrogen (secondary N) is 1. The Labute approximate surface area is 95.0 Å². The van der Waals surface area contributed by atoms with Crippen molar-refractivity contribution in [3.63, 3.8) is 0 Å². The predicted molar refractivity (Wildman–Crippen MR) is 56.0 cm³/mol. The van der Waals surface area contributed by atoms with Crippen LogP contribution in [0.4, 0.5) is 0 Å². The number of nitrogens with zero attached hydrogens (tertiary/aromatic N) is 1. The lowest BCUT2D eigenvalue weighted by Gasteiger charge is -2.20. The Balaban J connectivity index is 2.24. The molecule has 0 amide bonds. The fourth-order valence-electron chi connectivity index (χ4n) is 1.76. The van der Waals surface area contributed by atoms with Crippen LogP contribution in [0.3, 0.4) is 0 Å². The van der Waals surface area contributed by atoms with Crippen molar-refractivity contribution in [3.8, 4) is 0 Å². The van der Waals surface area contributed by atoms with Gasteiger partial charge in [0.2, 0.25) is 5.69 Å². The molecule has 0 bridgehead atoms. The van der Waals surface area contributed by atoms with E-state index in [1.54, 1.807) is 0 Å². The second kappa shape index (κ2) is 4.32. The molecule has 0 spiro atoms. The molecule has 6 heteroatoms. The van der Waals surface area contributed by atoms with Crippen LogP contribution in [0.2, 0.25) is 0 Å². The number of aromatic carboxylic acids is 1. The molecule has 0 aromatic carbocycles. The number of carboxylic acids is 1. The van der Waals surface area contributed by atoms with E-state index in [-0.39, 0.29) is 11.6 Å². The van der Waals surface area contributed by atoms with Crippen LogP contribution in [0.15, 0.2) is 9.00 Å². The number of carboxylic acid groups (broad SMARTS) is 1. The van der Waals surface area contributed by atoms with Crippen molar-refractivity contribution in [1.82, 2.24) is 10.5 Å². The fourth-order valence-corrected chi connectivity index (χ4v) is 2.40. The normalized spacial score (nSPS) is 17.9. The van der Waals surface area contributed by atoms with Crippen LogP contribution in [0.25, 0.3) is 0 Å². The van der Waals surface area contributed by atoms with Gasteiger partial charge in [-0.25, -0.2) is 4.79 Å². The van der Waals surface area contributed by atoms with Gasteiger partial charge in [0, 0.05) is 5.92 Å². The molecular formula is C9H11BrN2O3. The number of rotatable bonds is 2. The molecular weight excluding hydrogens is 264 g/mol. The predicted octanol–water partition coefficient (Wildman–Crippen LogP) is 1.60. The number of piperidine rings is 1. The molecule has 82 valence electrons. The van der Waals surface area contributed by atoms with Crippen LogP contribution < -0.4 is 5.32 Å². The van der Waals surface area contributed by atoms with E-state index >= 15 is 0 Å².